The molecular weight excluding hydrogens is 479 g/mol. The standard InChI is InChI=1S/C21H34N6O.HI/c1-5-7-12-22-21(24-16-20-26-25-17(3)27(20)4)23-13-11-18-9-8-10-19(15-18)28-14-6-2;/h8-10,15H,5-7,11-14,16H2,1-4H3,(H2,22,23,24);1H. The van der Waals surface area contributed by atoms with Gasteiger partial charge >= 0.3 is 0 Å². The molecule has 0 aliphatic carbocycles. The minimum Gasteiger partial charge on any atom is -0.494 e. The molecular formula is C21H35IN6O. The third kappa shape index (κ3) is 9.01. The van der Waals surface area contributed by atoms with Crippen molar-refractivity contribution >= 4 is 29.9 Å². The number of halogens is 1. The van der Waals surface area contributed by atoms with Crippen LogP contribution in [0.1, 0.15) is 50.3 Å². The van der Waals surface area contributed by atoms with Gasteiger partial charge in [0.25, 0.3) is 0 Å². The van der Waals surface area contributed by atoms with Gasteiger partial charge in [-0.3, -0.25) is 0 Å². The van der Waals surface area contributed by atoms with Crippen molar-refractivity contribution < 1.29 is 4.74 Å². The number of nitrogens with zero attached hydrogens (tertiary/aromatic N) is 4. The van der Waals surface area contributed by atoms with Crippen molar-refractivity contribution in [3.05, 3.63) is 41.5 Å². The van der Waals surface area contributed by atoms with Crippen LogP contribution in [0, 0.1) is 6.92 Å². The van der Waals surface area contributed by atoms with Crippen molar-refractivity contribution in [2.75, 3.05) is 19.7 Å². The number of hydrogen-bond donors (Lipinski definition) is 2. The fourth-order valence-electron chi connectivity index (χ4n) is 2.63. The SMILES string of the molecule is CCCCNC(=NCc1nnc(C)n1C)NCCc1cccc(OCCC)c1.I. The highest BCUT2D eigenvalue weighted by Crippen LogP contribution is 2.13. The molecule has 0 atom stereocenters. The van der Waals surface area contributed by atoms with E-state index < -0.39 is 0 Å². The first-order valence-corrected chi connectivity index (χ1v) is 10.2. The molecule has 29 heavy (non-hydrogen) atoms. The molecule has 8 heteroatoms. The summed E-state index contributed by atoms with van der Waals surface area (Å²) in [5, 5.41) is 15.1. The summed E-state index contributed by atoms with van der Waals surface area (Å²) in [6, 6.07) is 8.30. The fraction of sp³-hybridized carbons (Fsp3) is 0.571. The average Bonchev–Trinajstić information content (AvgIpc) is 3.02. The molecule has 2 N–H and O–H groups in total. The third-order valence-corrected chi connectivity index (χ3v) is 4.46. The van der Waals surface area contributed by atoms with E-state index in [2.05, 4.69) is 51.8 Å². The number of guanidine groups is 1. The Hall–Kier alpha value is -1.84. The first-order chi connectivity index (χ1) is 13.6. The van der Waals surface area contributed by atoms with Crippen LogP contribution in [0.15, 0.2) is 29.3 Å². The van der Waals surface area contributed by atoms with E-state index in [4.69, 9.17) is 4.74 Å². The van der Waals surface area contributed by atoms with Crippen molar-refractivity contribution in [2.45, 2.75) is 53.0 Å². The number of benzene rings is 1. The number of ether oxygens (including phenoxy) is 1. The minimum absolute atomic E-state index is 0. The van der Waals surface area contributed by atoms with Crippen LogP contribution in [0.2, 0.25) is 0 Å². The van der Waals surface area contributed by atoms with Crippen molar-refractivity contribution in [1.82, 2.24) is 25.4 Å². The lowest BCUT2D eigenvalue weighted by molar-refractivity contribution is 0.317. The molecule has 1 aromatic heterocycles. The van der Waals surface area contributed by atoms with Crippen LogP contribution in [-0.4, -0.2) is 40.4 Å². The Morgan fingerprint density at radius 3 is 2.62 bits per heavy atom. The summed E-state index contributed by atoms with van der Waals surface area (Å²) in [5.41, 5.74) is 1.25. The number of aliphatic imine (C=N–C) groups is 1. The molecule has 0 amide bonds. The number of unbranched alkanes of at least 4 members (excludes halogenated alkanes) is 1. The Kier molecular flexibility index (Phi) is 12.3. The number of aryl methyl sites for hydroxylation is 1. The van der Waals surface area contributed by atoms with Gasteiger partial charge in [-0.05, 0) is 43.9 Å². The molecule has 1 aromatic carbocycles. The molecule has 0 saturated carbocycles. The van der Waals surface area contributed by atoms with Gasteiger partial charge in [-0.2, -0.15) is 0 Å². The van der Waals surface area contributed by atoms with Gasteiger partial charge in [0.1, 0.15) is 18.1 Å². The molecule has 0 fully saturated rings. The van der Waals surface area contributed by atoms with Gasteiger partial charge in [0.05, 0.1) is 6.61 Å². The molecule has 0 radical (unpaired) electrons. The summed E-state index contributed by atoms with van der Waals surface area (Å²) in [6.45, 7) is 9.19. The third-order valence-electron chi connectivity index (χ3n) is 4.46. The van der Waals surface area contributed by atoms with Crippen molar-refractivity contribution in [1.29, 1.82) is 0 Å². The van der Waals surface area contributed by atoms with Gasteiger partial charge in [-0.15, -0.1) is 34.2 Å². The Labute approximate surface area is 191 Å². The summed E-state index contributed by atoms with van der Waals surface area (Å²) in [6.07, 6.45) is 4.18. The van der Waals surface area contributed by atoms with Gasteiger partial charge in [0.15, 0.2) is 11.8 Å². The van der Waals surface area contributed by atoms with E-state index in [9.17, 15) is 0 Å². The van der Waals surface area contributed by atoms with Crippen LogP contribution in [0.25, 0.3) is 0 Å². The van der Waals surface area contributed by atoms with Crippen molar-refractivity contribution in [3.63, 3.8) is 0 Å². The topological polar surface area (TPSA) is 76.4 Å². The normalized spacial score (nSPS) is 11.1. The van der Waals surface area contributed by atoms with Crippen LogP contribution >= 0.6 is 24.0 Å². The van der Waals surface area contributed by atoms with Gasteiger partial charge in [-0.25, -0.2) is 4.99 Å². The van der Waals surface area contributed by atoms with E-state index in [1.165, 1.54) is 5.56 Å². The lowest BCUT2D eigenvalue weighted by Crippen LogP contribution is -2.39. The van der Waals surface area contributed by atoms with Crippen LogP contribution in [0.3, 0.4) is 0 Å². The maximum Gasteiger partial charge on any atom is 0.191 e. The molecule has 1 heterocycles. The van der Waals surface area contributed by atoms with Gasteiger partial charge in [0, 0.05) is 20.1 Å². The van der Waals surface area contributed by atoms with Crippen LogP contribution in [-0.2, 0) is 20.0 Å². The zero-order valence-electron chi connectivity index (χ0n) is 18.1. The second-order valence-electron chi connectivity index (χ2n) is 6.84. The molecule has 0 aliphatic heterocycles. The van der Waals surface area contributed by atoms with E-state index in [0.717, 1.165) is 68.7 Å². The summed E-state index contributed by atoms with van der Waals surface area (Å²) < 4.78 is 7.68. The molecule has 2 aromatic rings. The van der Waals surface area contributed by atoms with E-state index in [0.29, 0.717) is 6.54 Å². The Morgan fingerprint density at radius 2 is 1.93 bits per heavy atom. The molecule has 7 nitrogen and oxygen atoms in total. The van der Waals surface area contributed by atoms with Gasteiger partial charge in [0.2, 0.25) is 0 Å². The number of hydrogen-bond acceptors (Lipinski definition) is 4. The summed E-state index contributed by atoms with van der Waals surface area (Å²) in [5.74, 6) is 3.50. The minimum atomic E-state index is 0. The Morgan fingerprint density at radius 1 is 1.14 bits per heavy atom. The lowest BCUT2D eigenvalue weighted by atomic mass is 10.1. The monoisotopic (exact) mass is 514 g/mol. The first-order valence-electron chi connectivity index (χ1n) is 10.2. The van der Waals surface area contributed by atoms with Crippen molar-refractivity contribution in [2.24, 2.45) is 12.0 Å². The van der Waals surface area contributed by atoms with E-state index >= 15 is 0 Å². The maximum absolute atomic E-state index is 5.72. The quantitative estimate of drug-likeness (QED) is 0.208. The molecule has 0 saturated heterocycles. The summed E-state index contributed by atoms with van der Waals surface area (Å²) in [7, 11) is 1.96. The Balaban J connectivity index is 0.00000420. The summed E-state index contributed by atoms with van der Waals surface area (Å²) >= 11 is 0. The summed E-state index contributed by atoms with van der Waals surface area (Å²) in [4.78, 5) is 4.68. The second kappa shape index (κ2) is 14.2. The fourth-order valence-corrected chi connectivity index (χ4v) is 2.63. The molecule has 0 bridgehead atoms. The predicted molar refractivity (Wildman–Crippen MR) is 129 cm³/mol. The zero-order valence-corrected chi connectivity index (χ0v) is 20.4. The largest absolute Gasteiger partial charge is 0.494 e. The van der Waals surface area contributed by atoms with Crippen LogP contribution in [0.4, 0.5) is 0 Å². The number of rotatable bonds is 11. The van der Waals surface area contributed by atoms with Gasteiger partial charge < -0.3 is 19.9 Å². The zero-order chi connectivity index (χ0) is 20.2. The van der Waals surface area contributed by atoms with E-state index in [1.54, 1.807) is 0 Å². The predicted octanol–water partition coefficient (Wildman–Crippen LogP) is 3.61. The molecule has 162 valence electrons. The smallest absolute Gasteiger partial charge is 0.191 e. The first kappa shape index (κ1) is 25.2. The molecule has 0 unspecified atom stereocenters. The average molecular weight is 514 g/mol. The van der Waals surface area contributed by atoms with Crippen LogP contribution < -0.4 is 15.4 Å². The molecule has 0 aliphatic rings. The molecule has 2 rings (SSSR count). The highest BCUT2D eigenvalue weighted by Gasteiger charge is 2.05. The second-order valence-corrected chi connectivity index (χ2v) is 6.84. The Bertz CT molecular complexity index is 747. The van der Waals surface area contributed by atoms with E-state index in [-0.39, 0.29) is 24.0 Å². The van der Waals surface area contributed by atoms with E-state index in [1.807, 2.05) is 30.7 Å². The highest BCUT2D eigenvalue weighted by molar-refractivity contribution is 14.0. The maximum atomic E-state index is 5.72. The number of nitrogens with one attached hydrogen (secondary N) is 2. The molecule has 0 spiro atoms. The highest BCUT2D eigenvalue weighted by atomic mass is 127. The van der Waals surface area contributed by atoms with Crippen LogP contribution in [0.5, 0.6) is 5.75 Å². The number of aromatic nitrogens is 3. The van der Waals surface area contributed by atoms with Crippen molar-refractivity contribution in [3.8, 4) is 5.75 Å². The lowest BCUT2D eigenvalue weighted by Gasteiger charge is -2.13. The van der Waals surface area contributed by atoms with Gasteiger partial charge in [-0.1, -0.05) is 32.4 Å².